The molecular weight excluding hydrogens is 266 g/mol. The first-order valence-electron chi connectivity index (χ1n) is 6.42. The average Bonchev–Trinajstić information content (AvgIpc) is 2.69. The second-order valence-corrected chi connectivity index (χ2v) is 7.04. The molecule has 1 fully saturated rings. The quantitative estimate of drug-likeness (QED) is 0.902. The number of nitrogens with one attached hydrogen (secondary N) is 1. The maximum atomic E-state index is 12.7. The Hall–Kier alpha value is -0.920. The lowest BCUT2D eigenvalue weighted by Crippen LogP contribution is -2.46. The van der Waals surface area contributed by atoms with Crippen LogP contribution < -0.4 is 0 Å². The van der Waals surface area contributed by atoms with E-state index in [1.54, 1.807) is 21.0 Å². The maximum Gasteiger partial charge on any atom is 0.246 e. The number of aryl methyl sites for hydroxylation is 2. The molecule has 1 aliphatic heterocycles. The minimum absolute atomic E-state index is 0.0453. The number of hydrogen-bond acceptors (Lipinski definition) is 4. The molecule has 0 radical (unpaired) electrons. The summed E-state index contributed by atoms with van der Waals surface area (Å²) in [6.07, 6.45) is 0.768. The van der Waals surface area contributed by atoms with Gasteiger partial charge >= 0.3 is 0 Å². The summed E-state index contributed by atoms with van der Waals surface area (Å²) in [4.78, 5) is 0.303. The molecule has 1 saturated heterocycles. The van der Waals surface area contributed by atoms with Crippen LogP contribution in [0.2, 0.25) is 0 Å². The summed E-state index contributed by atoms with van der Waals surface area (Å²) in [7, 11) is -1.86. The number of sulfonamides is 1. The van der Waals surface area contributed by atoms with Gasteiger partial charge in [-0.2, -0.15) is 9.40 Å². The number of hydrogen-bond donors (Lipinski definition) is 1. The molecule has 0 saturated carbocycles. The molecule has 0 bridgehead atoms. The van der Waals surface area contributed by atoms with Gasteiger partial charge in [0, 0.05) is 20.2 Å². The molecule has 0 aliphatic carbocycles. The molecule has 7 heteroatoms. The first-order valence-corrected chi connectivity index (χ1v) is 7.86. The first kappa shape index (κ1) is 14.5. The zero-order chi connectivity index (χ0) is 14.2. The van der Waals surface area contributed by atoms with Gasteiger partial charge in [0.2, 0.25) is 10.0 Å². The summed E-state index contributed by atoms with van der Waals surface area (Å²) in [6.45, 7) is 6.47. The monoisotopic (exact) mass is 287 g/mol. The molecule has 1 aromatic heterocycles. The van der Waals surface area contributed by atoms with E-state index in [1.165, 1.54) is 4.31 Å². The number of piperidine rings is 1. The molecule has 2 unspecified atom stereocenters. The Morgan fingerprint density at radius 1 is 1.42 bits per heavy atom. The predicted octanol–water partition coefficient (Wildman–Crippen LogP) is 1.07. The van der Waals surface area contributed by atoms with Gasteiger partial charge in [-0.15, -0.1) is 0 Å². The van der Waals surface area contributed by atoms with Crippen molar-refractivity contribution in [2.45, 2.75) is 38.2 Å². The Kier molecular flexibility index (Phi) is 3.98. The minimum atomic E-state index is -3.49. The molecule has 108 valence electrons. The van der Waals surface area contributed by atoms with Crippen molar-refractivity contribution < 1.29 is 13.2 Å². The van der Waals surface area contributed by atoms with E-state index in [1.807, 2.05) is 0 Å². The van der Waals surface area contributed by atoms with Crippen LogP contribution in [0.25, 0.3) is 0 Å². The van der Waals surface area contributed by atoms with Crippen LogP contribution in [-0.4, -0.2) is 49.2 Å². The highest BCUT2D eigenvalue weighted by Crippen LogP contribution is 2.27. The zero-order valence-electron chi connectivity index (χ0n) is 11.8. The summed E-state index contributed by atoms with van der Waals surface area (Å²) in [5.74, 6) is 0.378. The van der Waals surface area contributed by atoms with Crippen LogP contribution in [0.15, 0.2) is 4.90 Å². The van der Waals surface area contributed by atoms with E-state index in [0.717, 1.165) is 6.42 Å². The SMILES string of the molecule is COC1CN(S(=O)(=O)c2c(C)n[nH]c2C)CCC1C. The van der Waals surface area contributed by atoms with E-state index in [4.69, 9.17) is 4.74 Å². The Balaban J connectivity index is 2.31. The smallest absolute Gasteiger partial charge is 0.246 e. The fraction of sp³-hybridized carbons (Fsp3) is 0.750. The van der Waals surface area contributed by atoms with Crippen molar-refractivity contribution >= 4 is 10.0 Å². The van der Waals surface area contributed by atoms with Gasteiger partial charge in [0.05, 0.1) is 17.5 Å². The molecule has 19 heavy (non-hydrogen) atoms. The summed E-state index contributed by atoms with van der Waals surface area (Å²) in [6, 6.07) is 0. The topological polar surface area (TPSA) is 75.3 Å². The molecule has 2 rings (SSSR count). The second kappa shape index (κ2) is 5.22. The van der Waals surface area contributed by atoms with Gasteiger partial charge in [-0.05, 0) is 26.2 Å². The van der Waals surface area contributed by atoms with Gasteiger partial charge in [0.15, 0.2) is 0 Å². The van der Waals surface area contributed by atoms with Gasteiger partial charge in [0.1, 0.15) is 4.90 Å². The normalized spacial score (nSPS) is 25.7. The molecule has 1 aromatic rings. The lowest BCUT2D eigenvalue weighted by Gasteiger charge is -2.35. The van der Waals surface area contributed by atoms with E-state index in [2.05, 4.69) is 17.1 Å². The lowest BCUT2D eigenvalue weighted by atomic mass is 9.97. The molecule has 1 aliphatic rings. The molecule has 2 heterocycles. The number of aromatic nitrogens is 2. The summed E-state index contributed by atoms with van der Waals surface area (Å²) >= 11 is 0. The van der Waals surface area contributed by atoms with Crippen molar-refractivity contribution in [1.29, 1.82) is 0 Å². The largest absolute Gasteiger partial charge is 0.380 e. The Morgan fingerprint density at radius 2 is 2.11 bits per heavy atom. The molecule has 1 N–H and O–H groups in total. The standard InChI is InChI=1S/C12H21N3O3S/c1-8-5-6-15(7-11(8)18-4)19(16,17)12-9(2)13-14-10(12)3/h8,11H,5-7H2,1-4H3,(H,13,14). The first-order chi connectivity index (χ1) is 8.87. The zero-order valence-corrected chi connectivity index (χ0v) is 12.6. The van der Waals surface area contributed by atoms with Crippen LogP contribution in [0, 0.1) is 19.8 Å². The lowest BCUT2D eigenvalue weighted by molar-refractivity contribution is 0.0183. The van der Waals surface area contributed by atoms with Gasteiger partial charge < -0.3 is 4.74 Å². The van der Waals surface area contributed by atoms with Gasteiger partial charge in [0.25, 0.3) is 0 Å². The number of ether oxygens (including phenoxy) is 1. The Labute approximate surface area is 114 Å². The van der Waals surface area contributed by atoms with E-state index in [9.17, 15) is 8.42 Å². The van der Waals surface area contributed by atoms with Gasteiger partial charge in [-0.3, -0.25) is 5.10 Å². The second-order valence-electron chi connectivity index (χ2n) is 5.17. The summed E-state index contributed by atoms with van der Waals surface area (Å²) in [5, 5.41) is 6.70. The minimum Gasteiger partial charge on any atom is -0.380 e. The molecule has 0 aromatic carbocycles. The summed E-state index contributed by atoms with van der Waals surface area (Å²) in [5.41, 5.74) is 1.11. The molecule has 0 amide bonds. The Bertz CT molecular complexity index is 533. The number of methoxy groups -OCH3 is 1. The third-order valence-electron chi connectivity index (χ3n) is 3.81. The fourth-order valence-electron chi connectivity index (χ4n) is 2.58. The van der Waals surface area contributed by atoms with Crippen LogP contribution in [0.4, 0.5) is 0 Å². The van der Waals surface area contributed by atoms with Crippen molar-refractivity contribution in [3.05, 3.63) is 11.4 Å². The third kappa shape index (κ3) is 2.54. The molecular formula is C12H21N3O3S. The van der Waals surface area contributed by atoms with E-state index >= 15 is 0 Å². The van der Waals surface area contributed by atoms with Gasteiger partial charge in [-0.1, -0.05) is 6.92 Å². The van der Waals surface area contributed by atoms with Gasteiger partial charge in [-0.25, -0.2) is 8.42 Å². The number of rotatable bonds is 3. The Morgan fingerprint density at radius 3 is 2.63 bits per heavy atom. The predicted molar refractivity (Wildman–Crippen MR) is 71.4 cm³/mol. The van der Waals surface area contributed by atoms with Crippen LogP contribution in [0.5, 0.6) is 0 Å². The summed E-state index contributed by atoms with van der Waals surface area (Å²) < 4.78 is 32.2. The van der Waals surface area contributed by atoms with Crippen molar-refractivity contribution in [3.63, 3.8) is 0 Å². The van der Waals surface area contributed by atoms with Crippen LogP contribution in [0.3, 0.4) is 0 Å². The molecule has 0 spiro atoms. The van der Waals surface area contributed by atoms with Crippen LogP contribution >= 0.6 is 0 Å². The maximum absolute atomic E-state index is 12.7. The van der Waals surface area contributed by atoms with E-state index < -0.39 is 10.0 Å². The van der Waals surface area contributed by atoms with Crippen LogP contribution in [-0.2, 0) is 14.8 Å². The van der Waals surface area contributed by atoms with Crippen molar-refractivity contribution in [2.24, 2.45) is 5.92 Å². The highest BCUT2D eigenvalue weighted by molar-refractivity contribution is 7.89. The number of H-pyrrole nitrogens is 1. The van der Waals surface area contributed by atoms with E-state index in [0.29, 0.717) is 35.3 Å². The number of aromatic amines is 1. The average molecular weight is 287 g/mol. The fourth-order valence-corrected chi connectivity index (χ4v) is 4.38. The van der Waals surface area contributed by atoms with Crippen LogP contribution in [0.1, 0.15) is 24.7 Å². The molecule has 6 nitrogen and oxygen atoms in total. The van der Waals surface area contributed by atoms with Crippen molar-refractivity contribution in [1.82, 2.24) is 14.5 Å². The highest BCUT2D eigenvalue weighted by Gasteiger charge is 2.36. The van der Waals surface area contributed by atoms with E-state index in [-0.39, 0.29) is 6.10 Å². The third-order valence-corrected chi connectivity index (χ3v) is 5.94. The number of nitrogens with zero attached hydrogens (tertiary/aromatic N) is 2. The van der Waals surface area contributed by atoms with Crippen molar-refractivity contribution in [3.8, 4) is 0 Å². The highest BCUT2D eigenvalue weighted by atomic mass is 32.2. The molecule has 2 atom stereocenters. The van der Waals surface area contributed by atoms with Crippen molar-refractivity contribution in [2.75, 3.05) is 20.2 Å².